The van der Waals surface area contributed by atoms with Crippen LogP contribution in [0.2, 0.25) is 0 Å². The first-order valence-corrected chi connectivity index (χ1v) is 13.7. The van der Waals surface area contributed by atoms with E-state index >= 15 is 0 Å². The third-order valence-corrected chi connectivity index (χ3v) is 8.90. The standard InChI is InChI=1S/C29H37N3O6/c1-16-9-10-24(34)18(11-16)12-22(25(35)15-33)31-28(36)27-19-6-3-5-17(19)14-32(27)29(37)23-13-20-21(30-23)7-4-8-26(20)38-2/h4,7-8,13,16-19,22,27,30,33H,3,5-6,9-12,14-15H2,1-2H3,(H,31,36)/t16-,17+,18+,19+,22+,27+/m1/s1. The molecule has 3 fully saturated rings. The number of hydrogen-bond donors (Lipinski definition) is 3. The second-order valence-electron chi connectivity index (χ2n) is 11.3. The quantitative estimate of drug-likeness (QED) is 0.488. The smallest absolute Gasteiger partial charge is 0.271 e. The molecule has 1 saturated heterocycles. The Kier molecular flexibility index (Phi) is 7.56. The fourth-order valence-electron chi connectivity index (χ4n) is 6.90. The summed E-state index contributed by atoms with van der Waals surface area (Å²) in [7, 11) is 1.58. The zero-order valence-electron chi connectivity index (χ0n) is 22.1. The average molecular weight is 524 g/mol. The molecule has 6 atom stereocenters. The largest absolute Gasteiger partial charge is 0.496 e. The highest BCUT2D eigenvalue weighted by Gasteiger charge is 2.50. The number of Topliss-reactive ketones (excluding diaryl/α,β-unsaturated/α-hetero) is 2. The maximum atomic E-state index is 13.8. The van der Waals surface area contributed by atoms with Crippen LogP contribution in [0.3, 0.4) is 0 Å². The number of H-pyrrole nitrogens is 1. The van der Waals surface area contributed by atoms with Gasteiger partial charge in [-0.15, -0.1) is 0 Å². The van der Waals surface area contributed by atoms with Crippen molar-refractivity contribution >= 4 is 34.3 Å². The molecule has 0 radical (unpaired) electrons. The second-order valence-corrected chi connectivity index (χ2v) is 11.3. The molecule has 1 aromatic carbocycles. The Bertz CT molecular complexity index is 1240. The maximum absolute atomic E-state index is 13.8. The molecule has 204 valence electrons. The lowest BCUT2D eigenvalue weighted by Gasteiger charge is -2.31. The minimum Gasteiger partial charge on any atom is -0.496 e. The van der Waals surface area contributed by atoms with Gasteiger partial charge in [0.2, 0.25) is 5.91 Å². The van der Waals surface area contributed by atoms with Crippen LogP contribution in [0.15, 0.2) is 24.3 Å². The molecule has 2 aliphatic carbocycles. The van der Waals surface area contributed by atoms with Crippen molar-refractivity contribution in [1.29, 1.82) is 0 Å². The fourth-order valence-corrected chi connectivity index (χ4v) is 6.90. The molecule has 0 unspecified atom stereocenters. The number of ether oxygens (including phenoxy) is 1. The summed E-state index contributed by atoms with van der Waals surface area (Å²) in [5, 5.41) is 13.3. The minimum absolute atomic E-state index is 0.0130. The molecule has 3 aliphatic rings. The zero-order valence-corrected chi connectivity index (χ0v) is 22.1. The van der Waals surface area contributed by atoms with Crippen LogP contribution in [0.25, 0.3) is 10.9 Å². The minimum atomic E-state index is -0.957. The lowest BCUT2D eigenvalue weighted by atomic mass is 9.78. The molecule has 9 heteroatoms. The number of nitrogens with zero attached hydrogens (tertiary/aromatic N) is 1. The third kappa shape index (κ3) is 4.96. The number of nitrogens with one attached hydrogen (secondary N) is 2. The van der Waals surface area contributed by atoms with Crippen molar-refractivity contribution in [2.45, 2.75) is 64.0 Å². The predicted molar refractivity (Wildman–Crippen MR) is 141 cm³/mol. The first-order chi connectivity index (χ1) is 18.3. The molecule has 2 heterocycles. The van der Waals surface area contributed by atoms with Crippen LogP contribution in [-0.2, 0) is 14.4 Å². The first-order valence-electron chi connectivity index (χ1n) is 13.7. The van der Waals surface area contributed by atoms with E-state index in [0.29, 0.717) is 36.7 Å². The summed E-state index contributed by atoms with van der Waals surface area (Å²) >= 11 is 0. The molecule has 1 aliphatic heterocycles. The van der Waals surface area contributed by atoms with Crippen molar-refractivity contribution < 1.29 is 29.0 Å². The number of hydrogen-bond acceptors (Lipinski definition) is 6. The van der Waals surface area contributed by atoms with Gasteiger partial charge in [0.15, 0.2) is 5.78 Å². The summed E-state index contributed by atoms with van der Waals surface area (Å²) in [4.78, 5) is 57.6. The van der Waals surface area contributed by atoms with E-state index in [-0.39, 0.29) is 41.8 Å². The summed E-state index contributed by atoms with van der Waals surface area (Å²) < 4.78 is 5.43. The molecule has 5 rings (SSSR count). The van der Waals surface area contributed by atoms with E-state index in [1.807, 2.05) is 18.2 Å². The van der Waals surface area contributed by atoms with E-state index in [0.717, 1.165) is 36.6 Å². The maximum Gasteiger partial charge on any atom is 0.271 e. The van der Waals surface area contributed by atoms with Gasteiger partial charge in [0, 0.05) is 29.8 Å². The number of benzene rings is 1. The number of aromatic amines is 1. The molecule has 1 aromatic heterocycles. The number of ketones is 2. The Morgan fingerprint density at radius 1 is 1.24 bits per heavy atom. The topological polar surface area (TPSA) is 129 Å². The van der Waals surface area contributed by atoms with Crippen LogP contribution in [0, 0.1) is 23.7 Å². The van der Waals surface area contributed by atoms with Gasteiger partial charge in [-0.25, -0.2) is 0 Å². The number of rotatable bonds is 8. The van der Waals surface area contributed by atoms with Crippen molar-refractivity contribution in [3.63, 3.8) is 0 Å². The highest BCUT2D eigenvalue weighted by molar-refractivity contribution is 6.02. The van der Waals surface area contributed by atoms with Gasteiger partial charge in [-0.2, -0.15) is 0 Å². The lowest BCUT2D eigenvalue weighted by molar-refractivity contribution is -0.133. The molecule has 2 saturated carbocycles. The summed E-state index contributed by atoms with van der Waals surface area (Å²) in [6, 6.07) is 5.64. The predicted octanol–water partition coefficient (Wildman–Crippen LogP) is 2.86. The normalized spacial score (nSPS) is 27.8. The fraction of sp³-hybridized carbons (Fsp3) is 0.586. The third-order valence-electron chi connectivity index (χ3n) is 8.90. The molecule has 0 bridgehead atoms. The van der Waals surface area contributed by atoms with E-state index in [9.17, 15) is 24.3 Å². The van der Waals surface area contributed by atoms with Crippen molar-refractivity contribution in [1.82, 2.24) is 15.2 Å². The van der Waals surface area contributed by atoms with Crippen molar-refractivity contribution in [2.75, 3.05) is 20.3 Å². The van der Waals surface area contributed by atoms with Gasteiger partial charge >= 0.3 is 0 Å². The van der Waals surface area contributed by atoms with Crippen LogP contribution < -0.4 is 10.1 Å². The van der Waals surface area contributed by atoms with Crippen LogP contribution in [0.4, 0.5) is 0 Å². The van der Waals surface area contributed by atoms with Crippen LogP contribution in [0.1, 0.15) is 62.4 Å². The molecule has 38 heavy (non-hydrogen) atoms. The Hall–Kier alpha value is -3.20. The highest BCUT2D eigenvalue weighted by Crippen LogP contribution is 2.43. The van der Waals surface area contributed by atoms with Crippen LogP contribution in [-0.4, -0.2) is 70.7 Å². The number of likely N-dealkylation sites (tertiary alicyclic amines) is 1. The molecular weight excluding hydrogens is 486 g/mol. The summed E-state index contributed by atoms with van der Waals surface area (Å²) in [5.41, 5.74) is 1.15. The van der Waals surface area contributed by atoms with E-state index in [4.69, 9.17) is 4.74 Å². The zero-order chi connectivity index (χ0) is 27.0. The summed E-state index contributed by atoms with van der Waals surface area (Å²) in [6.07, 6.45) is 4.96. The molecule has 2 aromatic rings. The number of methoxy groups -OCH3 is 1. The van der Waals surface area contributed by atoms with Crippen molar-refractivity contribution in [3.05, 3.63) is 30.0 Å². The van der Waals surface area contributed by atoms with E-state index < -0.39 is 24.5 Å². The van der Waals surface area contributed by atoms with Gasteiger partial charge in [-0.1, -0.05) is 19.4 Å². The summed E-state index contributed by atoms with van der Waals surface area (Å²) in [5.74, 6) is -0.106. The number of aliphatic hydroxyl groups excluding tert-OH is 1. The summed E-state index contributed by atoms with van der Waals surface area (Å²) in [6.45, 7) is 1.85. The SMILES string of the molecule is COc1cccc2[nH]c(C(=O)N3C[C@@H]4CCC[C@@H]4[C@H]3C(=O)N[C@@H](C[C@@H]3C[C@H](C)CCC3=O)C(=O)CO)cc12. The van der Waals surface area contributed by atoms with Crippen molar-refractivity contribution in [2.24, 2.45) is 23.7 Å². The number of aromatic nitrogens is 1. The molecule has 2 amide bonds. The molecule has 3 N–H and O–H groups in total. The van der Waals surface area contributed by atoms with E-state index in [2.05, 4.69) is 17.2 Å². The van der Waals surface area contributed by atoms with Gasteiger partial charge < -0.3 is 25.0 Å². The van der Waals surface area contributed by atoms with Gasteiger partial charge in [-0.05, 0) is 68.1 Å². The first kappa shape index (κ1) is 26.4. The van der Waals surface area contributed by atoms with Crippen LogP contribution >= 0.6 is 0 Å². The highest BCUT2D eigenvalue weighted by atomic mass is 16.5. The van der Waals surface area contributed by atoms with Gasteiger partial charge in [0.1, 0.15) is 29.9 Å². The lowest BCUT2D eigenvalue weighted by Crippen LogP contribution is -2.54. The Labute approximate surface area is 222 Å². The number of carbonyl (C=O) groups is 4. The van der Waals surface area contributed by atoms with Gasteiger partial charge in [0.25, 0.3) is 5.91 Å². The Balaban J connectivity index is 1.38. The molecular formula is C29H37N3O6. The average Bonchev–Trinajstić information content (AvgIpc) is 3.63. The Morgan fingerprint density at radius 2 is 2.05 bits per heavy atom. The number of amides is 2. The molecule has 0 spiro atoms. The monoisotopic (exact) mass is 523 g/mol. The van der Waals surface area contributed by atoms with E-state index in [1.165, 1.54) is 0 Å². The van der Waals surface area contributed by atoms with Gasteiger partial charge in [-0.3, -0.25) is 19.2 Å². The van der Waals surface area contributed by atoms with Crippen molar-refractivity contribution in [3.8, 4) is 5.75 Å². The van der Waals surface area contributed by atoms with E-state index in [1.54, 1.807) is 18.1 Å². The number of fused-ring (bicyclic) bond motifs is 2. The molecule has 9 nitrogen and oxygen atoms in total. The second kappa shape index (κ2) is 10.9. The van der Waals surface area contributed by atoms with Crippen LogP contribution in [0.5, 0.6) is 5.75 Å². The van der Waals surface area contributed by atoms with Gasteiger partial charge in [0.05, 0.1) is 13.2 Å². The number of aliphatic hydroxyl groups is 1. The number of carbonyl (C=O) groups excluding carboxylic acids is 4. The Morgan fingerprint density at radius 3 is 2.82 bits per heavy atom.